The predicted molar refractivity (Wildman–Crippen MR) is 1.37 cm³/mol. The molecule has 0 aromatic rings. The van der Waals surface area contributed by atoms with Gasteiger partial charge in [0.2, 0.25) is 0 Å². The van der Waals surface area contributed by atoms with Crippen LogP contribution in [0.2, 0.25) is 0 Å². The SMILES string of the molecule is [Ce+3].[Mn+2].[O-2].[O-2]. The van der Waals surface area contributed by atoms with Crippen LogP contribution >= 0.6 is 0 Å². The maximum atomic E-state index is 0. The Morgan fingerprint density at radius 2 is 0.750 bits per heavy atom. The van der Waals surface area contributed by atoms with Crippen molar-refractivity contribution in [3.05, 3.63) is 0 Å². The van der Waals surface area contributed by atoms with Gasteiger partial charge >= 0.3 is 58.8 Å². The first kappa shape index (κ1) is 40.9. The molecule has 0 atom stereocenters. The van der Waals surface area contributed by atoms with E-state index in [4.69, 9.17) is 0 Å². The Balaban J connectivity index is 0. The summed E-state index contributed by atoms with van der Waals surface area (Å²) in [6, 6.07) is 0. The monoisotopic (exact) mass is 227 g/mol. The van der Waals surface area contributed by atoms with E-state index < -0.39 is 0 Å². The molecule has 0 aliphatic heterocycles. The molecular formula is CeMnO2+. The molecule has 0 spiro atoms. The maximum Gasteiger partial charge on any atom is 3.00 e. The molecule has 0 saturated heterocycles. The fourth-order valence-electron chi connectivity index (χ4n) is 0. The summed E-state index contributed by atoms with van der Waals surface area (Å²) < 4.78 is 0. The molecule has 22 valence electrons. The van der Waals surface area contributed by atoms with E-state index in [2.05, 4.69) is 0 Å². The molecule has 0 unspecified atom stereocenters. The fraction of sp³-hybridized carbons (Fsp3) is 0. The summed E-state index contributed by atoms with van der Waals surface area (Å²) in [5.41, 5.74) is 0. The molecule has 2 radical (unpaired) electrons. The normalized spacial score (nSPS) is 0. The second kappa shape index (κ2) is 21.3. The van der Waals surface area contributed by atoms with E-state index in [1.54, 1.807) is 0 Å². The Labute approximate surface area is 68.8 Å². The van der Waals surface area contributed by atoms with Crippen molar-refractivity contribution >= 4 is 0 Å². The quantitative estimate of drug-likeness (QED) is 0.513. The van der Waals surface area contributed by atoms with Crippen LogP contribution in [0.4, 0.5) is 0 Å². The number of rotatable bonds is 0. The first-order chi connectivity index (χ1) is 0. The van der Waals surface area contributed by atoms with Crippen molar-refractivity contribution in [1.29, 1.82) is 0 Å². The Kier molecular flexibility index (Phi) is 217. The predicted octanol–water partition coefficient (Wildman–Crippen LogP) is -0.240. The van der Waals surface area contributed by atoms with Gasteiger partial charge < -0.3 is 11.0 Å². The van der Waals surface area contributed by atoms with Crippen molar-refractivity contribution in [3.8, 4) is 0 Å². The zero-order valence-corrected chi connectivity index (χ0v) is 6.01. The zero-order valence-electron chi connectivity index (χ0n) is 1.69. The van der Waals surface area contributed by atoms with Crippen LogP contribution < -0.4 is 0 Å². The third kappa shape index (κ3) is 9.18. The van der Waals surface area contributed by atoms with E-state index >= 15 is 0 Å². The molecule has 2 nitrogen and oxygen atoms in total. The van der Waals surface area contributed by atoms with E-state index in [9.17, 15) is 0 Å². The van der Waals surface area contributed by atoms with Gasteiger partial charge in [0, 0.05) is 0 Å². The molecule has 0 aromatic heterocycles. The van der Waals surface area contributed by atoms with Gasteiger partial charge in [0.15, 0.2) is 0 Å². The summed E-state index contributed by atoms with van der Waals surface area (Å²) in [5, 5.41) is 0. The summed E-state index contributed by atoms with van der Waals surface area (Å²) in [6.07, 6.45) is 0. The summed E-state index contributed by atoms with van der Waals surface area (Å²) in [7, 11) is 0. The van der Waals surface area contributed by atoms with Gasteiger partial charge in [0.25, 0.3) is 0 Å². The molecule has 0 N–H and O–H groups in total. The molecule has 4 heavy (non-hydrogen) atoms. The van der Waals surface area contributed by atoms with Gasteiger partial charge in [-0.05, 0) is 0 Å². The minimum absolute atomic E-state index is 0. The summed E-state index contributed by atoms with van der Waals surface area (Å²) in [5.74, 6) is 0. The largest absolute Gasteiger partial charge is 3.00 e. The molecule has 0 heterocycles. The molecule has 0 fully saturated rings. The molecular weight excluding hydrogens is 227 g/mol. The van der Waals surface area contributed by atoms with Gasteiger partial charge in [-0.2, -0.15) is 0 Å². The van der Waals surface area contributed by atoms with Gasteiger partial charge in [-0.1, -0.05) is 0 Å². The topological polar surface area (TPSA) is 57.0 Å². The Hall–Kier alpha value is 1.82. The summed E-state index contributed by atoms with van der Waals surface area (Å²) >= 11 is 0. The van der Waals surface area contributed by atoms with Crippen LogP contribution in [-0.2, 0) is 28.0 Å². The van der Waals surface area contributed by atoms with Crippen molar-refractivity contribution < 1.29 is 69.8 Å². The van der Waals surface area contributed by atoms with Crippen LogP contribution in [0, 0.1) is 41.7 Å². The fourth-order valence-corrected chi connectivity index (χ4v) is 0. The maximum absolute atomic E-state index is 0. The van der Waals surface area contributed by atoms with Crippen LogP contribution in [0.1, 0.15) is 0 Å². The first-order valence-corrected chi connectivity index (χ1v) is 0. The van der Waals surface area contributed by atoms with Crippen molar-refractivity contribution in [3.63, 3.8) is 0 Å². The van der Waals surface area contributed by atoms with Crippen molar-refractivity contribution in [2.45, 2.75) is 0 Å². The third-order valence-corrected chi connectivity index (χ3v) is 0. The van der Waals surface area contributed by atoms with E-state index in [0.29, 0.717) is 0 Å². The van der Waals surface area contributed by atoms with Gasteiger partial charge in [0.05, 0.1) is 0 Å². The van der Waals surface area contributed by atoms with E-state index in [0.717, 1.165) is 0 Å². The first-order valence-electron chi connectivity index (χ1n) is 0. The summed E-state index contributed by atoms with van der Waals surface area (Å²) in [4.78, 5) is 0. The van der Waals surface area contributed by atoms with E-state index in [-0.39, 0.29) is 69.8 Å². The molecule has 0 amide bonds. The van der Waals surface area contributed by atoms with Gasteiger partial charge in [-0.3, -0.25) is 0 Å². The van der Waals surface area contributed by atoms with Crippen LogP contribution in [0.5, 0.6) is 0 Å². The Bertz CT molecular complexity index is 6.00. The Morgan fingerprint density at radius 1 is 0.750 bits per heavy atom. The molecule has 0 rings (SSSR count). The molecule has 4 heteroatoms. The van der Waals surface area contributed by atoms with Crippen LogP contribution in [0.25, 0.3) is 0 Å². The van der Waals surface area contributed by atoms with Gasteiger partial charge in [0.1, 0.15) is 0 Å². The minimum Gasteiger partial charge on any atom is -2.00 e. The summed E-state index contributed by atoms with van der Waals surface area (Å²) in [6.45, 7) is 0. The third-order valence-electron chi connectivity index (χ3n) is 0. The minimum atomic E-state index is 0. The van der Waals surface area contributed by atoms with Crippen molar-refractivity contribution in [2.24, 2.45) is 0 Å². The second-order valence-corrected chi connectivity index (χ2v) is 0. The van der Waals surface area contributed by atoms with Gasteiger partial charge in [-0.25, -0.2) is 0 Å². The molecule has 0 bridgehead atoms. The van der Waals surface area contributed by atoms with E-state index in [1.807, 2.05) is 0 Å². The number of hydrogen-bond acceptors (Lipinski definition) is 0. The average Bonchev–Trinajstić information content (AvgIpc) is 0. The van der Waals surface area contributed by atoms with Crippen LogP contribution in [-0.4, -0.2) is 0 Å². The number of hydrogen-bond donors (Lipinski definition) is 0. The smallest absolute Gasteiger partial charge is 2.00 e. The molecule has 0 aromatic carbocycles. The molecule has 0 saturated carbocycles. The standard InChI is InChI=1S/Ce.Mn.2O/q+3;+2;2*-2. The molecule has 0 aliphatic carbocycles. The Morgan fingerprint density at radius 3 is 0.750 bits per heavy atom. The van der Waals surface area contributed by atoms with Gasteiger partial charge in [-0.15, -0.1) is 0 Å². The molecule has 0 aliphatic rings. The zero-order chi connectivity index (χ0) is 0. The van der Waals surface area contributed by atoms with Crippen LogP contribution in [0.3, 0.4) is 0 Å². The average molecular weight is 227 g/mol. The van der Waals surface area contributed by atoms with Crippen LogP contribution in [0.15, 0.2) is 0 Å². The second-order valence-electron chi connectivity index (χ2n) is 0. The van der Waals surface area contributed by atoms with E-state index in [1.165, 1.54) is 0 Å². The van der Waals surface area contributed by atoms with Crippen molar-refractivity contribution in [2.75, 3.05) is 0 Å². The van der Waals surface area contributed by atoms with Crippen molar-refractivity contribution in [1.82, 2.24) is 0 Å².